The summed E-state index contributed by atoms with van der Waals surface area (Å²) in [5.74, 6) is -0.457. The second-order valence-electron chi connectivity index (χ2n) is 7.36. The summed E-state index contributed by atoms with van der Waals surface area (Å²) in [6.45, 7) is 6.17. The molecule has 1 aromatic carbocycles. The molecule has 2 heterocycles. The van der Waals surface area contributed by atoms with Gasteiger partial charge in [0.1, 0.15) is 5.01 Å². The van der Waals surface area contributed by atoms with Crippen LogP contribution >= 0.6 is 22.7 Å². The summed E-state index contributed by atoms with van der Waals surface area (Å²) in [6.07, 6.45) is -0.177. The largest absolute Gasteiger partial charge is 0.501 e. The summed E-state index contributed by atoms with van der Waals surface area (Å²) in [5.41, 5.74) is -3.64. The van der Waals surface area contributed by atoms with E-state index in [2.05, 4.69) is 20.2 Å². The SMILES string of the molecule is CCN(CC)Cc1nc(CO)sc1-c1csc(NC(=O)Cc2ccc(S(=O)(=O)C(F)(F)F)cc2)n1. The Kier molecular flexibility index (Phi) is 8.64. The molecule has 8 nitrogen and oxygen atoms in total. The molecule has 35 heavy (non-hydrogen) atoms. The minimum absolute atomic E-state index is 0.177. The van der Waals surface area contributed by atoms with Crippen molar-refractivity contribution in [3.63, 3.8) is 0 Å². The Morgan fingerprint density at radius 2 is 1.80 bits per heavy atom. The van der Waals surface area contributed by atoms with Crippen molar-refractivity contribution in [3.05, 3.63) is 45.9 Å². The Balaban J connectivity index is 1.70. The number of amides is 1. The number of benzene rings is 1. The molecule has 0 saturated heterocycles. The van der Waals surface area contributed by atoms with Gasteiger partial charge in [-0.25, -0.2) is 18.4 Å². The smallest absolute Gasteiger partial charge is 0.389 e. The highest BCUT2D eigenvalue weighted by molar-refractivity contribution is 7.92. The van der Waals surface area contributed by atoms with Crippen molar-refractivity contribution in [2.45, 2.75) is 43.8 Å². The molecule has 0 unspecified atom stereocenters. The van der Waals surface area contributed by atoms with Crippen LogP contribution < -0.4 is 5.32 Å². The number of nitrogens with one attached hydrogen (secondary N) is 1. The normalized spacial score (nSPS) is 12.3. The molecular formula is C21H23F3N4O4S3. The number of hydrogen-bond donors (Lipinski definition) is 2. The first kappa shape index (κ1) is 27.2. The van der Waals surface area contributed by atoms with Crippen molar-refractivity contribution in [1.82, 2.24) is 14.9 Å². The Morgan fingerprint density at radius 3 is 2.37 bits per heavy atom. The standard InChI is InChI=1S/C21H23F3N4O4S3/c1-3-28(4-2)10-15-19(34-18(11-29)25-15)16-12-33-20(26-16)27-17(30)9-13-5-7-14(8-6-13)35(31,32)21(22,23)24/h5-8,12,29H,3-4,9-11H2,1-2H3,(H,26,27,30). The maximum Gasteiger partial charge on any atom is 0.501 e. The quantitative estimate of drug-likeness (QED) is 0.393. The van der Waals surface area contributed by atoms with Crippen molar-refractivity contribution >= 4 is 43.5 Å². The number of sulfone groups is 1. The molecule has 0 aliphatic heterocycles. The zero-order valence-corrected chi connectivity index (χ0v) is 21.2. The first-order valence-electron chi connectivity index (χ1n) is 10.5. The number of anilines is 1. The summed E-state index contributed by atoms with van der Waals surface area (Å²) in [7, 11) is -5.44. The third-order valence-corrected chi connectivity index (χ3v) is 8.40. The van der Waals surface area contributed by atoms with Gasteiger partial charge in [-0.05, 0) is 30.8 Å². The molecule has 190 valence electrons. The topological polar surface area (TPSA) is 112 Å². The lowest BCUT2D eigenvalue weighted by Crippen LogP contribution is -2.23. The first-order valence-corrected chi connectivity index (χ1v) is 13.6. The summed E-state index contributed by atoms with van der Waals surface area (Å²) < 4.78 is 60.9. The molecule has 2 N–H and O–H groups in total. The van der Waals surface area contributed by atoms with Crippen LogP contribution in [-0.2, 0) is 34.2 Å². The minimum Gasteiger partial charge on any atom is -0.389 e. The summed E-state index contributed by atoms with van der Waals surface area (Å²) in [5, 5.41) is 14.8. The maximum atomic E-state index is 12.7. The molecule has 0 aliphatic carbocycles. The van der Waals surface area contributed by atoms with Crippen LogP contribution in [0.3, 0.4) is 0 Å². The van der Waals surface area contributed by atoms with E-state index in [1.165, 1.54) is 34.8 Å². The molecule has 0 aliphatic rings. The molecule has 0 atom stereocenters. The summed E-state index contributed by atoms with van der Waals surface area (Å²) in [6, 6.07) is 3.98. The van der Waals surface area contributed by atoms with Crippen molar-refractivity contribution in [3.8, 4) is 10.6 Å². The fourth-order valence-corrected chi connectivity index (χ4v) is 5.59. The molecule has 2 aromatic heterocycles. The molecule has 0 radical (unpaired) electrons. The van der Waals surface area contributed by atoms with Gasteiger partial charge in [0.2, 0.25) is 5.91 Å². The molecular weight excluding hydrogens is 525 g/mol. The van der Waals surface area contributed by atoms with Crippen molar-refractivity contribution in [1.29, 1.82) is 0 Å². The molecule has 3 rings (SSSR count). The number of aromatic nitrogens is 2. The molecule has 0 fully saturated rings. The maximum absolute atomic E-state index is 12.7. The highest BCUT2D eigenvalue weighted by Crippen LogP contribution is 2.34. The van der Waals surface area contributed by atoms with Gasteiger partial charge in [0.05, 0.1) is 34.2 Å². The van der Waals surface area contributed by atoms with Gasteiger partial charge in [0.15, 0.2) is 5.13 Å². The van der Waals surface area contributed by atoms with Gasteiger partial charge < -0.3 is 10.4 Å². The van der Waals surface area contributed by atoms with E-state index in [1.807, 2.05) is 13.8 Å². The monoisotopic (exact) mass is 548 g/mol. The summed E-state index contributed by atoms with van der Waals surface area (Å²) >= 11 is 2.53. The highest BCUT2D eigenvalue weighted by atomic mass is 32.2. The van der Waals surface area contributed by atoms with Crippen LogP contribution in [0.15, 0.2) is 34.5 Å². The Hall–Kier alpha value is -2.39. The van der Waals surface area contributed by atoms with Gasteiger partial charge >= 0.3 is 5.51 Å². The average Bonchev–Trinajstić information content (AvgIpc) is 3.43. The van der Waals surface area contributed by atoms with E-state index in [4.69, 9.17) is 0 Å². The number of carbonyl (C=O) groups is 1. The van der Waals surface area contributed by atoms with Crippen molar-refractivity contribution in [2.24, 2.45) is 0 Å². The third-order valence-electron chi connectivity index (χ3n) is 5.03. The zero-order chi connectivity index (χ0) is 25.8. The number of carbonyl (C=O) groups excluding carboxylic acids is 1. The van der Waals surface area contributed by atoms with Gasteiger partial charge in [-0.2, -0.15) is 13.2 Å². The van der Waals surface area contributed by atoms with Crippen LogP contribution in [0, 0.1) is 0 Å². The molecule has 14 heteroatoms. The van der Waals surface area contributed by atoms with E-state index in [0.29, 0.717) is 27.9 Å². The Labute approximate surface area is 208 Å². The van der Waals surface area contributed by atoms with E-state index in [1.54, 1.807) is 5.38 Å². The predicted molar refractivity (Wildman–Crippen MR) is 128 cm³/mol. The lowest BCUT2D eigenvalue weighted by Gasteiger charge is -2.16. The van der Waals surface area contributed by atoms with Crippen LogP contribution in [0.5, 0.6) is 0 Å². The fourth-order valence-electron chi connectivity index (χ4n) is 3.14. The van der Waals surface area contributed by atoms with E-state index in [9.17, 15) is 31.5 Å². The molecule has 3 aromatic rings. The number of aliphatic hydroxyl groups excluding tert-OH is 1. The van der Waals surface area contributed by atoms with Crippen LogP contribution in [0.1, 0.15) is 30.1 Å². The lowest BCUT2D eigenvalue weighted by molar-refractivity contribution is -0.115. The fraction of sp³-hybridized carbons (Fsp3) is 0.381. The summed E-state index contributed by atoms with van der Waals surface area (Å²) in [4.78, 5) is 23.5. The zero-order valence-electron chi connectivity index (χ0n) is 18.8. The van der Waals surface area contributed by atoms with Crippen molar-refractivity contribution < 1.29 is 31.5 Å². The van der Waals surface area contributed by atoms with E-state index in [0.717, 1.165) is 35.8 Å². The van der Waals surface area contributed by atoms with Crippen LogP contribution in [0.4, 0.5) is 18.3 Å². The Morgan fingerprint density at radius 1 is 1.14 bits per heavy atom. The number of thiazole rings is 2. The van der Waals surface area contributed by atoms with Gasteiger partial charge in [-0.15, -0.1) is 22.7 Å². The number of alkyl halides is 3. The number of hydrogen-bond acceptors (Lipinski definition) is 9. The van der Waals surface area contributed by atoms with Crippen LogP contribution in [-0.4, -0.2) is 52.9 Å². The van der Waals surface area contributed by atoms with Gasteiger partial charge in [0.25, 0.3) is 9.84 Å². The van der Waals surface area contributed by atoms with E-state index >= 15 is 0 Å². The number of halogens is 3. The van der Waals surface area contributed by atoms with Gasteiger partial charge in [-0.1, -0.05) is 26.0 Å². The second kappa shape index (κ2) is 11.1. The molecule has 0 spiro atoms. The number of aliphatic hydroxyl groups is 1. The second-order valence-corrected chi connectivity index (χ2v) is 11.2. The molecule has 0 saturated carbocycles. The van der Waals surface area contributed by atoms with E-state index in [-0.39, 0.29) is 13.0 Å². The van der Waals surface area contributed by atoms with Gasteiger partial charge in [0, 0.05) is 11.9 Å². The minimum atomic E-state index is -5.44. The highest BCUT2D eigenvalue weighted by Gasteiger charge is 2.46. The van der Waals surface area contributed by atoms with E-state index < -0.39 is 26.1 Å². The Bertz CT molecular complexity index is 1270. The lowest BCUT2D eigenvalue weighted by atomic mass is 10.1. The van der Waals surface area contributed by atoms with Gasteiger partial charge in [-0.3, -0.25) is 9.69 Å². The van der Waals surface area contributed by atoms with Crippen LogP contribution in [0.2, 0.25) is 0 Å². The average molecular weight is 549 g/mol. The molecule has 1 amide bonds. The van der Waals surface area contributed by atoms with Crippen LogP contribution in [0.25, 0.3) is 10.6 Å². The first-order chi connectivity index (χ1) is 16.5. The number of nitrogens with zero attached hydrogens (tertiary/aromatic N) is 3. The number of rotatable bonds is 10. The third kappa shape index (κ3) is 6.44. The van der Waals surface area contributed by atoms with Crippen molar-refractivity contribution in [2.75, 3.05) is 18.4 Å². The predicted octanol–water partition coefficient (Wildman–Crippen LogP) is 4.08. The molecule has 0 bridgehead atoms.